The van der Waals surface area contributed by atoms with Crippen molar-refractivity contribution >= 4 is 11.8 Å². The van der Waals surface area contributed by atoms with Crippen molar-refractivity contribution in [2.24, 2.45) is 0 Å². The molecule has 1 fully saturated rings. The number of rotatable bonds is 8. The van der Waals surface area contributed by atoms with Gasteiger partial charge in [0.15, 0.2) is 12.6 Å². The molecule has 1 saturated heterocycles. The zero-order valence-corrected chi connectivity index (χ0v) is 16.9. The Morgan fingerprint density at radius 2 is 1.70 bits per heavy atom. The second-order valence-electron chi connectivity index (χ2n) is 7.59. The summed E-state index contributed by atoms with van der Waals surface area (Å²) in [6, 6.07) is 7.80. The van der Waals surface area contributed by atoms with E-state index in [2.05, 4.69) is 10.6 Å². The van der Waals surface area contributed by atoms with Crippen LogP contribution in [-0.4, -0.2) is 63.7 Å². The summed E-state index contributed by atoms with van der Waals surface area (Å²) in [5.74, 6) is 0.987. The lowest BCUT2D eigenvalue weighted by atomic mass is 10.2. The van der Waals surface area contributed by atoms with Crippen LogP contribution in [0, 0.1) is 0 Å². The van der Waals surface area contributed by atoms with Crippen LogP contribution in [0.3, 0.4) is 0 Å². The lowest BCUT2D eigenvalue weighted by molar-refractivity contribution is -1.01. The van der Waals surface area contributed by atoms with Crippen LogP contribution in [0.15, 0.2) is 24.3 Å². The van der Waals surface area contributed by atoms with Gasteiger partial charge in [-0.1, -0.05) is 12.1 Å². The molecule has 0 aromatic heterocycles. The average molecular weight is 379 g/mol. The number of carbonyl (C=O) groups is 2. The third-order valence-corrected chi connectivity index (χ3v) is 5.09. The lowest BCUT2D eigenvalue weighted by Crippen LogP contribution is -3.30. The predicted octanol–water partition coefficient (Wildman–Crippen LogP) is -1.99. The molecule has 1 aliphatic heterocycles. The number of methoxy groups -OCH3 is 1. The van der Waals surface area contributed by atoms with E-state index in [0.717, 1.165) is 37.5 Å². The van der Waals surface area contributed by atoms with Crippen molar-refractivity contribution in [1.29, 1.82) is 0 Å². The molecule has 2 amide bonds. The van der Waals surface area contributed by atoms with Gasteiger partial charge in [-0.3, -0.25) is 9.59 Å². The van der Waals surface area contributed by atoms with Crippen molar-refractivity contribution < 1.29 is 24.1 Å². The van der Waals surface area contributed by atoms with Gasteiger partial charge in [-0.25, -0.2) is 0 Å². The molecule has 1 aromatic rings. The highest BCUT2D eigenvalue weighted by Gasteiger charge is 2.31. The zero-order chi connectivity index (χ0) is 19.8. The van der Waals surface area contributed by atoms with Crippen LogP contribution in [0.2, 0.25) is 0 Å². The van der Waals surface area contributed by atoms with Crippen molar-refractivity contribution in [3.05, 3.63) is 29.8 Å². The summed E-state index contributed by atoms with van der Waals surface area (Å²) < 4.78 is 5.15. The number of piperazine rings is 1. The van der Waals surface area contributed by atoms with Crippen LogP contribution in [0.1, 0.15) is 26.3 Å². The number of amides is 2. The molecule has 1 aromatic carbocycles. The number of hydrogen-bond acceptors (Lipinski definition) is 3. The van der Waals surface area contributed by atoms with Crippen molar-refractivity contribution in [2.45, 2.75) is 39.4 Å². The summed E-state index contributed by atoms with van der Waals surface area (Å²) >= 11 is 0. The molecule has 0 aliphatic carbocycles. The average Bonchev–Trinajstić information content (AvgIpc) is 2.65. The third-order valence-electron chi connectivity index (χ3n) is 5.09. The SMILES string of the molecule is COc1ccc(CNC(=O)[C@@H](C)[NH+]2CC[NH+](CC(=O)NC(C)C)CC2)cc1. The normalized spacial score (nSPS) is 20.8. The summed E-state index contributed by atoms with van der Waals surface area (Å²) in [5, 5.41) is 5.97. The Kier molecular flexibility index (Phi) is 8.06. The molecule has 27 heavy (non-hydrogen) atoms. The van der Waals surface area contributed by atoms with E-state index in [4.69, 9.17) is 4.74 Å². The fourth-order valence-electron chi connectivity index (χ4n) is 3.41. The monoisotopic (exact) mass is 378 g/mol. The molecule has 1 atom stereocenters. The van der Waals surface area contributed by atoms with E-state index in [9.17, 15) is 9.59 Å². The number of carbonyl (C=O) groups excluding carboxylic acids is 2. The first-order valence-electron chi connectivity index (χ1n) is 9.77. The van der Waals surface area contributed by atoms with E-state index in [1.54, 1.807) is 7.11 Å². The van der Waals surface area contributed by atoms with Crippen LogP contribution in [-0.2, 0) is 16.1 Å². The molecule has 0 saturated carbocycles. The Morgan fingerprint density at radius 1 is 1.07 bits per heavy atom. The summed E-state index contributed by atoms with van der Waals surface area (Å²) in [7, 11) is 1.64. The van der Waals surface area contributed by atoms with Gasteiger partial charge in [0.1, 0.15) is 31.9 Å². The summed E-state index contributed by atoms with van der Waals surface area (Å²) in [5.41, 5.74) is 1.05. The van der Waals surface area contributed by atoms with E-state index < -0.39 is 0 Å². The Morgan fingerprint density at radius 3 is 2.26 bits per heavy atom. The molecule has 2 rings (SSSR count). The van der Waals surface area contributed by atoms with Crippen molar-refractivity contribution in [2.75, 3.05) is 39.8 Å². The van der Waals surface area contributed by atoms with Crippen molar-refractivity contribution in [1.82, 2.24) is 10.6 Å². The Balaban J connectivity index is 1.73. The van der Waals surface area contributed by atoms with Crippen molar-refractivity contribution in [3.63, 3.8) is 0 Å². The standard InChI is InChI=1S/C20H32N4O3/c1-15(2)22-19(25)14-23-9-11-24(12-10-23)16(3)20(26)21-13-17-5-7-18(27-4)8-6-17/h5-8,15-16H,9-14H2,1-4H3,(H,21,26)(H,22,25)/p+2/t16-/m1/s1. The number of nitrogens with one attached hydrogen (secondary N) is 4. The Hall–Kier alpha value is -2.12. The molecule has 0 unspecified atom stereocenters. The molecular formula is C20H34N4O3+2. The Bertz CT molecular complexity index is 610. The van der Waals surface area contributed by atoms with Gasteiger partial charge in [-0.05, 0) is 38.5 Å². The van der Waals surface area contributed by atoms with E-state index in [-0.39, 0.29) is 23.9 Å². The Labute approximate surface area is 162 Å². The zero-order valence-electron chi connectivity index (χ0n) is 16.9. The van der Waals surface area contributed by atoms with Gasteiger partial charge < -0.3 is 25.2 Å². The second-order valence-corrected chi connectivity index (χ2v) is 7.59. The van der Waals surface area contributed by atoms with Crippen LogP contribution in [0.25, 0.3) is 0 Å². The van der Waals surface area contributed by atoms with Crippen LogP contribution < -0.4 is 25.2 Å². The van der Waals surface area contributed by atoms with Gasteiger partial charge in [-0.2, -0.15) is 0 Å². The van der Waals surface area contributed by atoms with Gasteiger partial charge in [-0.15, -0.1) is 0 Å². The van der Waals surface area contributed by atoms with E-state index in [1.807, 2.05) is 45.0 Å². The molecule has 1 aliphatic rings. The maximum atomic E-state index is 12.5. The molecular weight excluding hydrogens is 344 g/mol. The van der Waals surface area contributed by atoms with Crippen LogP contribution in [0.4, 0.5) is 0 Å². The maximum absolute atomic E-state index is 12.5. The smallest absolute Gasteiger partial charge is 0.278 e. The quantitative estimate of drug-likeness (QED) is 0.423. The highest BCUT2D eigenvalue weighted by molar-refractivity contribution is 5.79. The lowest BCUT2D eigenvalue weighted by Gasteiger charge is -2.32. The molecule has 4 N–H and O–H groups in total. The molecule has 0 radical (unpaired) electrons. The number of hydrogen-bond donors (Lipinski definition) is 4. The first kappa shape index (κ1) is 21.2. The van der Waals surface area contributed by atoms with Gasteiger partial charge in [0, 0.05) is 12.6 Å². The van der Waals surface area contributed by atoms with Crippen LogP contribution in [0.5, 0.6) is 5.75 Å². The topological polar surface area (TPSA) is 76.3 Å². The summed E-state index contributed by atoms with van der Waals surface area (Å²) in [6.07, 6.45) is 0. The number of ether oxygens (including phenoxy) is 1. The van der Waals surface area contributed by atoms with E-state index in [1.165, 1.54) is 9.80 Å². The molecule has 0 bridgehead atoms. The second kappa shape index (κ2) is 10.3. The van der Waals surface area contributed by atoms with Gasteiger partial charge >= 0.3 is 0 Å². The highest BCUT2D eigenvalue weighted by Crippen LogP contribution is 2.10. The first-order valence-corrected chi connectivity index (χ1v) is 9.77. The third kappa shape index (κ3) is 6.84. The largest absolute Gasteiger partial charge is 0.497 e. The molecule has 0 spiro atoms. The molecule has 7 nitrogen and oxygen atoms in total. The fraction of sp³-hybridized carbons (Fsp3) is 0.600. The molecule has 1 heterocycles. The molecule has 7 heteroatoms. The van der Waals surface area contributed by atoms with E-state index >= 15 is 0 Å². The van der Waals surface area contributed by atoms with Crippen molar-refractivity contribution in [3.8, 4) is 5.75 Å². The number of quaternary nitrogens is 2. The summed E-state index contributed by atoms with van der Waals surface area (Å²) in [6.45, 7) is 10.6. The predicted molar refractivity (Wildman–Crippen MR) is 104 cm³/mol. The minimum atomic E-state index is -0.0886. The maximum Gasteiger partial charge on any atom is 0.278 e. The van der Waals surface area contributed by atoms with Gasteiger partial charge in [0.2, 0.25) is 0 Å². The first-order chi connectivity index (χ1) is 12.9. The van der Waals surface area contributed by atoms with Crippen LogP contribution >= 0.6 is 0 Å². The summed E-state index contributed by atoms with van der Waals surface area (Å²) in [4.78, 5) is 27.0. The minimum absolute atomic E-state index is 0.0711. The number of benzene rings is 1. The fourth-order valence-corrected chi connectivity index (χ4v) is 3.41. The highest BCUT2D eigenvalue weighted by atomic mass is 16.5. The van der Waals surface area contributed by atoms with E-state index in [0.29, 0.717) is 13.1 Å². The molecule has 150 valence electrons. The van der Waals surface area contributed by atoms with Gasteiger partial charge in [0.25, 0.3) is 11.8 Å². The van der Waals surface area contributed by atoms with Gasteiger partial charge in [0.05, 0.1) is 7.11 Å². The minimum Gasteiger partial charge on any atom is -0.497 e.